The molecule has 0 bridgehead atoms. The zero-order valence-corrected chi connectivity index (χ0v) is 11.7. The van der Waals surface area contributed by atoms with Crippen LogP contribution < -0.4 is 15.2 Å². The first kappa shape index (κ1) is 13.1. The topological polar surface area (TPSA) is 60.1 Å². The third kappa shape index (κ3) is 2.98. The molecule has 2 aliphatic rings. The second-order valence-corrected chi connectivity index (χ2v) is 5.26. The van der Waals surface area contributed by atoms with Gasteiger partial charge in [0.05, 0.1) is 6.54 Å². The summed E-state index contributed by atoms with van der Waals surface area (Å²) in [6.07, 6.45) is 5.01. The zero-order valence-electron chi connectivity index (χ0n) is 11.7. The van der Waals surface area contributed by atoms with Crippen molar-refractivity contribution in [1.82, 2.24) is 4.90 Å². The molecule has 0 amide bonds. The Morgan fingerprint density at radius 2 is 1.85 bits per heavy atom. The minimum Gasteiger partial charge on any atom is -0.454 e. The quantitative estimate of drug-likeness (QED) is 0.663. The molecule has 2 heterocycles. The molecule has 1 fully saturated rings. The highest BCUT2D eigenvalue weighted by Gasteiger charge is 2.14. The van der Waals surface area contributed by atoms with E-state index in [0.717, 1.165) is 30.2 Å². The molecule has 0 radical (unpaired) electrons. The van der Waals surface area contributed by atoms with Gasteiger partial charge in [-0.3, -0.25) is 0 Å². The molecule has 3 rings (SSSR count). The highest BCUT2D eigenvalue weighted by Crippen LogP contribution is 2.32. The Morgan fingerprint density at radius 1 is 1.10 bits per heavy atom. The van der Waals surface area contributed by atoms with Crippen LogP contribution in [0.2, 0.25) is 0 Å². The molecule has 108 valence electrons. The lowest BCUT2D eigenvalue weighted by molar-refractivity contribution is 0.174. The summed E-state index contributed by atoms with van der Waals surface area (Å²) in [5, 5.41) is 0. The maximum Gasteiger partial charge on any atom is 0.231 e. The normalized spacial score (nSPS) is 19.0. The molecule has 0 spiro atoms. The number of guanidine groups is 1. The Bertz CT molecular complexity index is 494. The summed E-state index contributed by atoms with van der Waals surface area (Å²) < 4.78 is 10.7. The fraction of sp³-hybridized carbons (Fsp3) is 0.533. The van der Waals surface area contributed by atoms with Crippen LogP contribution in [0.4, 0.5) is 0 Å². The number of nitrogens with two attached hydrogens (primary N) is 1. The number of ether oxygens (including phenoxy) is 2. The number of nitrogens with zero attached hydrogens (tertiary/aromatic N) is 2. The van der Waals surface area contributed by atoms with Crippen molar-refractivity contribution in [2.75, 3.05) is 19.9 Å². The van der Waals surface area contributed by atoms with Crippen molar-refractivity contribution >= 4 is 5.96 Å². The SMILES string of the molecule is NC(=NCc1ccc2c(c1)OCO2)N1CCCCCC1. The van der Waals surface area contributed by atoms with Crippen LogP contribution in [0.1, 0.15) is 31.2 Å². The molecule has 1 aromatic carbocycles. The summed E-state index contributed by atoms with van der Waals surface area (Å²) in [5.74, 6) is 2.26. The van der Waals surface area contributed by atoms with Gasteiger partial charge >= 0.3 is 0 Å². The van der Waals surface area contributed by atoms with Crippen molar-refractivity contribution in [2.24, 2.45) is 10.7 Å². The molecule has 5 heteroatoms. The van der Waals surface area contributed by atoms with Gasteiger partial charge in [-0.25, -0.2) is 4.99 Å². The van der Waals surface area contributed by atoms with Gasteiger partial charge in [0, 0.05) is 13.1 Å². The lowest BCUT2D eigenvalue weighted by Crippen LogP contribution is -2.38. The number of hydrogen-bond acceptors (Lipinski definition) is 3. The van der Waals surface area contributed by atoms with Crippen LogP contribution in [0, 0.1) is 0 Å². The van der Waals surface area contributed by atoms with E-state index in [0.29, 0.717) is 19.3 Å². The molecule has 5 nitrogen and oxygen atoms in total. The monoisotopic (exact) mass is 275 g/mol. The molecule has 1 saturated heterocycles. The van der Waals surface area contributed by atoms with Crippen LogP contribution in [0.25, 0.3) is 0 Å². The maximum atomic E-state index is 6.10. The third-order valence-electron chi connectivity index (χ3n) is 3.79. The van der Waals surface area contributed by atoms with Gasteiger partial charge < -0.3 is 20.1 Å². The molecule has 20 heavy (non-hydrogen) atoms. The first-order valence-corrected chi connectivity index (χ1v) is 7.26. The second kappa shape index (κ2) is 6.03. The Balaban J connectivity index is 1.63. The maximum absolute atomic E-state index is 6.10. The first-order valence-electron chi connectivity index (χ1n) is 7.26. The molecule has 1 aromatic rings. The van der Waals surface area contributed by atoms with Gasteiger partial charge in [0.25, 0.3) is 0 Å². The lowest BCUT2D eigenvalue weighted by Gasteiger charge is -2.21. The third-order valence-corrected chi connectivity index (χ3v) is 3.79. The minimum atomic E-state index is 0.304. The van der Waals surface area contributed by atoms with Gasteiger partial charge in [-0.15, -0.1) is 0 Å². The Kier molecular flexibility index (Phi) is 3.95. The average molecular weight is 275 g/mol. The van der Waals surface area contributed by atoms with E-state index in [2.05, 4.69) is 9.89 Å². The molecular formula is C15H21N3O2. The van der Waals surface area contributed by atoms with E-state index in [9.17, 15) is 0 Å². The Labute approximate surface area is 119 Å². The molecular weight excluding hydrogens is 254 g/mol. The van der Waals surface area contributed by atoms with Crippen molar-refractivity contribution in [3.63, 3.8) is 0 Å². The summed E-state index contributed by atoms with van der Waals surface area (Å²) in [4.78, 5) is 6.70. The molecule has 0 saturated carbocycles. The van der Waals surface area contributed by atoms with Gasteiger partial charge in [0.1, 0.15) is 0 Å². The molecule has 0 aliphatic carbocycles. The van der Waals surface area contributed by atoms with E-state index in [1.54, 1.807) is 0 Å². The zero-order chi connectivity index (χ0) is 13.8. The lowest BCUT2D eigenvalue weighted by atomic mass is 10.2. The van der Waals surface area contributed by atoms with E-state index >= 15 is 0 Å². The number of benzene rings is 1. The average Bonchev–Trinajstić information content (AvgIpc) is 2.76. The summed E-state index contributed by atoms with van der Waals surface area (Å²) in [5.41, 5.74) is 7.19. The Morgan fingerprint density at radius 3 is 2.65 bits per heavy atom. The van der Waals surface area contributed by atoms with E-state index < -0.39 is 0 Å². The van der Waals surface area contributed by atoms with E-state index in [-0.39, 0.29) is 0 Å². The van der Waals surface area contributed by atoms with Crippen LogP contribution in [0.5, 0.6) is 11.5 Å². The summed E-state index contributed by atoms with van der Waals surface area (Å²) in [7, 11) is 0. The summed E-state index contributed by atoms with van der Waals surface area (Å²) in [6, 6.07) is 5.91. The van der Waals surface area contributed by atoms with Gasteiger partial charge in [0.15, 0.2) is 17.5 Å². The predicted octanol–water partition coefficient (Wildman–Crippen LogP) is 2.11. The second-order valence-electron chi connectivity index (χ2n) is 5.26. The molecule has 2 N–H and O–H groups in total. The molecule has 0 unspecified atom stereocenters. The smallest absolute Gasteiger partial charge is 0.231 e. The number of aliphatic imine (C=N–C) groups is 1. The van der Waals surface area contributed by atoms with Gasteiger partial charge in [-0.1, -0.05) is 18.9 Å². The highest BCUT2D eigenvalue weighted by molar-refractivity contribution is 5.78. The van der Waals surface area contributed by atoms with Gasteiger partial charge in [0.2, 0.25) is 6.79 Å². The van der Waals surface area contributed by atoms with Crippen molar-refractivity contribution in [3.05, 3.63) is 23.8 Å². The minimum absolute atomic E-state index is 0.304. The van der Waals surface area contributed by atoms with E-state index in [1.165, 1.54) is 25.7 Å². The van der Waals surface area contributed by atoms with Crippen LogP contribution in [0.15, 0.2) is 23.2 Å². The Hall–Kier alpha value is -1.91. The first-order chi connectivity index (χ1) is 9.83. The van der Waals surface area contributed by atoms with Crippen LogP contribution in [-0.4, -0.2) is 30.7 Å². The predicted molar refractivity (Wildman–Crippen MR) is 77.9 cm³/mol. The molecule has 2 aliphatic heterocycles. The largest absolute Gasteiger partial charge is 0.454 e. The van der Waals surface area contributed by atoms with Crippen molar-refractivity contribution < 1.29 is 9.47 Å². The van der Waals surface area contributed by atoms with Crippen molar-refractivity contribution in [3.8, 4) is 11.5 Å². The number of likely N-dealkylation sites (tertiary alicyclic amines) is 1. The fourth-order valence-electron chi connectivity index (χ4n) is 2.61. The van der Waals surface area contributed by atoms with Crippen LogP contribution >= 0.6 is 0 Å². The van der Waals surface area contributed by atoms with Gasteiger partial charge in [-0.2, -0.15) is 0 Å². The van der Waals surface area contributed by atoms with E-state index in [1.807, 2.05) is 18.2 Å². The van der Waals surface area contributed by atoms with Gasteiger partial charge in [-0.05, 0) is 30.5 Å². The molecule has 0 atom stereocenters. The molecule has 0 aromatic heterocycles. The standard InChI is InChI=1S/C15H21N3O2/c16-15(18-7-3-1-2-4-8-18)17-10-12-5-6-13-14(9-12)20-11-19-13/h5-6,9H,1-4,7-8,10-11H2,(H2,16,17). The number of fused-ring (bicyclic) bond motifs is 1. The van der Waals surface area contributed by atoms with Crippen molar-refractivity contribution in [1.29, 1.82) is 0 Å². The van der Waals surface area contributed by atoms with E-state index in [4.69, 9.17) is 15.2 Å². The van der Waals surface area contributed by atoms with Crippen LogP contribution in [0.3, 0.4) is 0 Å². The van der Waals surface area contributed by atoms with Crippen LogP contribution in [-0.2, 0) is 6.54 Å². The number of hydrogen-bond donors (Lipinski definition) is 1. The fourth-order valence-corrected chi connectivity index (χ4v) is 2.61. The van der Waals surface area contributed by atoms with Crippen molar-refractivity contribution in [2.45, 2.75) is 32.2 Å². The highest BCUT2D eigenvalue weighted by atomic mass is 16.7. The summed E-state index contributed by atoms with van der Waals surface area (Å²) >= 11 is 0. The summed E-state index contributed by atoms with van der Waals surface area (Å²) in [6.45, 7) is 2.93. The number of rotatable bonds is 2.